The number of carbonyl (C=O) groups excluding carboxylic acids is 3. The Kier molecular flexibility index (Phi) is 3.46. The third-order valence-corrected chi connectivity index (χ3v) is 4.15. The summed E-state index contributed by atoms with van der Waals surface area (Å²) in [7, 11) is 0. The highest BCUT2D eigenvalue weighted by molar-refractivity contribution is 8.15. The Morgan fingerprint density at radius 3 is 3.00 bits per heavy atom. The number of thioether (sulfide) groups is 1. The molecule has 0 aromatic heterocycles. The summed E-state index contributed by atoms with van der Waals surface area (Å²) < 4.78 is 1.90. The van der Waals surface area contributed by atoms with Gasteiger partial charge in [-0.05, 0) is 17.0 Å². The van der Waals surface area contributed by atoms with Crippen molar-refractivity contribution in [3.63, 3.8) is 0 Å². The first-order chi connectivity index (χ1) is 10.0. The molecule has 0 radical (unpaired) electrons. The molecule has 3 aliphatic rings. The molecular weight excluding hydrogens is 292 g/mol. The fourth-order valence-corrected chi connectivity index (χ4v) is 3.17. The Morgan fingerprint density at radius 1 is 1.52 bits per heavy atom. The van der Waals surface area contributed by atoms with Gasteiger partial charge in [-0.1, -0.05) is 17.8 Å². The summed E-state index contributed by atoms with van der Waals surface area (Å²) in [6.45, 7) is 2.02. The lowest BCUT2D eigenvalue weighted by Gasteiger charge is -2.12. The Labute approximate surface area is 124 Å². The Bertz CT molecular complexity index is 675. The number of rotatable bonds is 2. The molecule has 1 fully saturated rings. The Balaban J connectivity index is 1.67. The molecule has 1 atom stereocenters. The van der Waals surface area contributed by atoms with Crippen molar-refractivity contribution in [3.05, 3.63) is 23.5 Å². The van der Waals surface area contributed by atoms with Gasteiger partial charge in [0, 0.05) is 13.0 Å². The predicted molar refractivity (Wildman–Crippen MR) is 78.1 cm³/mol. The summed E-state index contributed by atoms with van der Waals surface area (Å²) in [4.78, 5) is 38.0. The summed E-state index contributed by atoms with van der Waals surface area (Å²) in [6, 6.07) is 0. The Morgan fingerprint density at radius 2 is 2.33 bits per heavy atom. The van der Waals surface area contributed by atoms with E-state index in [9.17, 15) is 14.4 Å². The van der Waals surface area contributed by atoms with Crippen molar-refractivity contribution in [3.8, 4) is 0 Å². The molecule has 1 unspecified atom stereocenters. The van der Waals surface area contributed by atoms with Crippen molar-refractivity contribution in [2.45, 2.75) is 18.6 Å². The van der Waals surface area contributed by atoms with E-state index in [4.69, 9.17) is 0 Å². The van der Waals surface area contributed by atoms with Crippen LogP contribution in [0.2, 0.25) is 0 Å². The number of allylic oxidation sites excluding steroid dienone is 2. The van der Waals surface area contributed by atoms with E-state index in [1.54, 1.807) is 6.21 Å². The van der Waals surface area contributed by atoms with Crippen molar-refractivity contribution < 1.29 is 19.0 Å². The maximum atomic E-state index is 11.6. The van der Waals surface area contributed by atoms with E-state index >= 15 is 0 Å². The highest BCUT2D eigenvalue weighted by Gasteiger charge is 2.34. The van der Waals surface area contributed by atoms with Crippen LogP contribution in [0.5, 0.6) is 0 Å². The second kappa shape index (κ2) is 5.28. The zero-order valence-electron chi connectivity index (χ0n) is 11.3. The average Bonchev–Trinajstić information content (AvgIpc) is 2.91. The molecule has 0 spiro atoms. The number of hydrogen-bond donors (Lipinski definition) is 2. The highest BCUT2D eigenvalue weighted by atomic mass is 32.2. The second-order valence-electron chi connectivity index (χ2n) is 4.87. The first kappa shape index (κ1) is 13.7. The fourth-order valence-electron chi connectivity index (χ4n) is 2.29. The molecular formula is C13H13N4O3S+. The molecule has 3 heterocycles. The summed E-state index contributed by atoms with van der Waals surface area (Å²) in [5.41, 5.74) is 1.04. The summed E-state index contributed by atoms with van der Waals surface area (Å²) >= 11 is 1.03. The van der Waals surface area contributed by atoms with Gasteiger partial charge in [0.2, 0.25) is 11.8 Å². The lowest BCUT2D eigenvalue weighted by atomic mass is 10.1. The normalized spacial score (nSPS) is 23.8. The van der Waals surface area contributed by atoms with E-state index < -0.39 is 0 Å². The number of amides is 3. The van der Waals surface area contributed by atoms with Crippen molar-refractivity contribution in [2.75, 3.05) is 6.54 Å². The number of fused-ring (bicyclic) bond motifs is 1. The molecule has 0 bridgehead atoms. The minimum absolute atomic E-state index is 0.170. The molecule has 0 saturated carbocycles. The monoisotopic (exact) mass is 305 g/mol. The topological polar surface area (TPSA) is 90.6 Å². The fraction of sp³-hybridized carbons (Fsp3) is 0.308. The zero-order valence-corrected chi connectivity index (χ0v) is 12.1. The molecule has 2 N–H and O–H groups in total. The van der Waals surface area contributed by atoms with Gasteiger partial charge in [-0.15, -0.1) is 0 Å². The van der Waals surface area contributed by atoms with Crippen LogP contribution in [0.1, 0.15) is 13.3 Å². The second-order valence-corrected chi connectivity index (χ2v) is 6.05. The van der Waals surface area contributed by atoms with Crippen LogP contribution in [0.15, 0.2) is 28.5 Å². The average molecular weight is 305 g/mol. The van der Waals surface area contributed by atoms with Crippen LogP contribution in [0, 0.1) is 0 Å². The number of carbonyl (C=O) groups is 3. The van der Waals surface area contributed by atoms with E-state index in [-0.39, 0.29) is 22.3 Å². The third kappa shape index (κ3) is 2.94. The maximum Gasteiger partial charge on any atom is 0.326 e. The Hall–Kier alpha value is -2.22. The van der Waals surface area contributed by atoms with Crippen LogP contribution >= 0.6 is 11.8 Å². The van der Waals surface area contributed by atoms with Gasteiger partial charge in [0.05, 0.1) is 5.25 Å². The predicted octanol–water partition coefficient (Wildman–Crippen LogP) is 0.141. The van der Waals surface area contributed by atoms with E-state index in [1.807, 2.05) is 16.7 Å². The number of hydrogen-bond acceptors (Lipinski definition) is 5. The van der Waals surface area contributed by atoms with Gasteiger partial charge in [0.25, 0.3) is 11.1 Å². The van der Waals surface area contributed by atoms with Gasteiger partial charge in [0.15, 0.2) is 6.21 Å². The standard InChI is InChI=1S/C13H12N4O3S/c1-7(18)14-10-6-17-5-8(2-3-11(17)15-10)4-9-12(19)16-13(20)21-9/h2-3,6,9H,4-5H2,1H3,(H-,14,15,16,18,19,20)/p+1. The van der Waals surface area contributed by atoms with Crippen molar-refractivity contribution >= 4 is 40.9 Å². The summed E-state index contributed by atoms with van der Waals surface area (Å²) in [6.07, 6.45) is 6.03. The van der Waals surface area contributed by atoms with E-state index in [0.717, 1.165) is 23.2 Å². The van der Waals surface area contributed by atoms with Gasteiger partial charge in [0.1, 0.15) is 6.54 Å². The van der Waals surface area contributed by atoms with Crippen molar-refractivity contribution in [2.24, 2.45) is 4.99 Å². The van der Waals surface area contributed by atoms with Crippen LogP contribution < -0.4 is 10.6 Å². The van der Waals surface area contributed by atoms with Crippen molar-refractivity contribution in [1.29, 1.82) is 0 Å². The minimum Gasteiger partial charge on any atom is -0.287 e. The van der Waals surface area contributed by atoms with Gasteiger partial charge in [-0.25, -0.2) is 4.58 Å². The first-order valence-corrected chi connectivity index (χ1v) is 7.28. The molecule has 7 nitrogen and oxygen atoms in total. The van der Waals surface area contributed by atoms with Crippen LogP contribution in [-0.2, 0) is 9.59 Å². The van der Waals surface area contributed by atoms with E-state index in [0.29, 0.717) is 18.8 Å². The number of aliphatic imine (C=N–C) groups is 1. The van der Waals surface area contributed by atoms with Gasteiger partial charge in [-0.3, -0.25) is 25.0 Å². The molecule has 0 aliphatic carbocycles. The first-order valence-electron chi connectivity index (χ1n) is 6.40. The van der Waals surface area contributed by atoms with Gasteiger partial charge < -0.3 is 0 Å². The molecule has 3 aliphatic heterocycles. The summed E-state index contributed by atoms with van der Waals surface area (Å²) in [5.74, 6) is 0.853. The minimum atomic E-state index is -0.364. The third-order valence-electron chi connectivity index (χ3n) is 3.17. The largest absolute Gasteiger partial charge is 0.326 e. The number of nitrogens with zero attached hydrogens (tertiary/aromatic N) is 2. The number of amidine groups is 1. The molecule has 3 amide bonds. The van der Waals surface area contributed by atoms with Crippen LogP contribution in [0.3, 0.4) is 0 Å². The van der Waals surface area contributed by atoms with Crippen LogP contribution in [-0.4, -0.2) is 45.5 Å². The smallest absolute Gasteiger partial charge is 0.287 e. The SMILES string of the molecule is CC(=O)NC1=NC2=CC=C(CC3SC(=O)NC3=O)C[N+]2=C1. The molecule has 21 heavy (non-hydrogen) atoms. The van der Waals surface area contributed by atoms with E-state index in [2.05, 4.69) is 15.6 Å². The molecule has 1 saturated heterocycles. The lowest BCUT2D eigenvalue weighted by Crippen LogP contribution is -2.29. The summed E-state index contributed by atoms with van der Waals surface area (Å²) in [5, 5.41) is 4.26. The molecule has 3 rings (SSSR count). The number of imide groups is 1. The number of nitrogens with one attached hydrogen (secondary N) is 2. The quantitative estimate of drug-likeness (QED) is 0.710. The zero-order chi connectivity index (χ0) is 15.0. The van der Waals surface area contributed by atoms with Gasteiger partial charge in [-0.2, -0.15) is 0 Å². The van der Waals surface area contributed by atoms with Gasteiger partial charge >= 0.3 is 5.82 Å². The molecule has 0 aromatic carbocycles. The molecule has 108 valence electrons. The molecule has 8 heteroatoms. The maximum absolute atomic E-state index is 11.6. The molecule has 0 aromatic rings. The lowest BCUT2D eigenvalue weighted by molar-refractivity contribution is -0.461. The highest BCUT2D eigenvalue weighted by Crippen LogP contribution is 2.27. The van der Waals surface area contributed by atoms with Crippen molar-refractivity contribution in [1.82, 2.24) is 10.6 Å². The van der Waals surface area contributed by atoms with Crippen LogP contribution in [0.4, 0.5) is 4.79 Å². The van der Waals surface area contributed by atoms with Crippen LogP contribution in [0.25, 0.3) is 0 Å². The van der Waals surface area contributed by atoms with E-state index in [1.165, 1.54) is 6.92 Å².